The summed E-state index contributed by atoms with van der Waals surface area (Å²) in [6.07, 6.45) is 5.57. The number of fused-ring (bicyclic) bond motifs is 1. The van der Waals surface area contributed by atoms with Crippen LogP contribution in [0.4, 0.5) is 27.5 Å². The average Bonchev–Trinajstić information content (AvgIpc) is 3.32. The molecule has 2 aliphatic rings. The van der Waals surface area contributed by atoms with Gasteiger partial charge in [-0.25, -0.2) is 14.4 Å². The van der Waals surface area contributed by atoms with Crippen LogP contribution in [0.1, 0.15) is 36.0 Å². The van der Waals surface area contributed by atoms with E-state index in [0.717, 1.165) is 56.0 Å². The fourth-order valence-electron chi connectivity index (χ4n) is 4.60. The second-order valence-electron chi connectivity index (χ2n) is 8.77. The van der Waals surface area contributed by atoms with Crippen molar-refractivity contribution in [2.45, 2.75) is 37.8 Å². The molecule has 10 nitrogen and oxygen atoms in total. The van der Waals surface area contributed by atoms with Crippen molar-refractivity contribution < 1.29 is 13.9 Å². The van der Waals surface area contributed by atoms with Gasteiger partial charge in [0.1, 0.15) is 17.3 Å². The van der Waals surface area contributed by atoms with Crippen molar-refractivity contribution in [3.63, 3.8) is 0 Å². The maximum atomic E-state index is 14.9. The Morgan fingerprint density at radius 2 is 1.97 bits per heavy atom. The molecule has 3 aromatic rings. The number of rotatable bonds is 6. The van der Waals surface area contributed by atoms with E-state index in [0.29, 0.717) is 24.5 Å². The first-order valence-electron chi connectivity index (χ1n) is 11.6. The summed E-state index contributed by atoms with van der Waals surface area (Å²) in [6.45, 7) is 2.68. The fraction of sp³-hybridized carbons (Fsp3) is 0.435. The lowest BCUT2D eigenvalue weighted by atomic mass is 9.91. The highest BCUT2D eigenvalue weighted by atomic mass is 19.1. The van der Waals surface area contributed by atoms with Gasteiger partial charge in [-0.3, -0.25) is 4.79 Å². The van der Waals surface area contributed by atoms with Crippen LogP contribution in [0.5, 0.6) is 0 Å². The number of carbonyl (C=O) groups excluding carboxylic acids is 1. The number of aromatic nitrogens is 3. The number of primary amides is 1. The number of carbonyl (C=O) groups is 1. The number of nitrogens with one attached hydrogen (secondary N) is 3. The van der Waals surface area contributed by atoms with Gasteiger partial charge in [0, 0.05) is 42.8 Å². The van der Waals surface area contributed by atoms with Crippen LogP contribution in [-0.4, -0.2) is 59.2 Å². The Bertz CT molecular complexity index is 1190. The number of amides is 1. The van der Waals surface area contributed by atoms with E-state index in [1.54, 1.807) is 6.20 Å². The Labute approximate surface area is 196 Å². The summed E-state index contributed by atoms with van der Waals surface area (Å²) in [6, 6.07) is 4.71. The van der Waals surface area contributed by atoms with E-state index < -0.39 is 11.7 Å². The maximum absolute atomic E-state index is 14.9. The Hall–Kier alpha value is -3.44. The third kappa shape index (κ3) is 4.48. The van der Waals surface area contributed by atoms with Crippen LogP contribution < -0.4 is 27.0 Å². The Morgan fingerprint density at radius 3 is 2.74 bits per heavy atom. The van der Waals surface area contributed by atoms with Gasteiger partial charge in [0.05, 0.1) is 24.5 Å². The summed E-state index contributed by atoms with van der Waals surface area (Å²) in [4.78, 5) is 26.5. The fourth-order valence-corrected chi connectivity index (χ4v) is 4.60. The largest absolute Gasteiger partial charge is 0.378 e. The van der Waals surface area contributed by atoms with Gasteiger partial charge >= 0.3 is 0 Å². The highest BCUT2D eigenvalue weighted by Gasteiger charge is 2.25. The van der Waals surface area contributed by atoms with Gasteiger partial charge in [0.15, 0.2) is 11.6 Å². The zero-order valence-corrected chi connectivity index (χ0v) is 18.8. The van der Waals surface area contributed by atoms with E-state index in [4.69, 9.17) is 21.2 Å². The number of pyridine rings is 2. The molecule has 7 N–H and O–H groups in total. The first-order chi connectivity index (χ1) is 16.5. The van der Waals surface area contributed by atoms with Gasteiger partial charge in [-0.15, -0.1) is 0 Å². The van der Waals surface area contributed by atoms with E-state index in [1.165, 1.54) is 0 Å². The monoisotopic (exact) mass is 468 g/mol. The first kappa shape index (κ1) is 22.4. The molecule has 1 aliphatic heterocycles. The molecule has 0 bridgehead atoms. The number of halogens is 1. The number of morpholine rings is 1. The smallest absolute Gasteiger partial charge is 0.252 e. The van der Waals surface area contributed by atoms with Crippen molar-refractivity contribution in [3.05, 3.63) is 35.8 Å². The molecule has 2 atom stereocenters. The number of hydrogen-bond donors (Lipinski definition) is 5. The summed E-state index contributed by atoms with van der Waals surface area (Å²) >= 11 is 0. The number of anilines is 4. The molecule has 2 fully saturated rings. The molecule has 3 aromatic heterocycles. The zero-order chi connectivity index (χ0) is 23.7. The third-order valence-corrected chi connectivity index (χ3v) is 6.49. The topological polar surface area (TPSA) is 147 Å². The van der Waals surface area contributed by atoms with Crippen LogP contribution in [0.25, 0.3) is 11.0 Å². The molecule has 1 aliphatic carbocycles. The van der Waals surface area contributed by atoms with Crippen LogP contribution in [0.3, 0.4) is 0 Å². The molecule has 34 heavy (non-hydrogen) atoms. The number of nitrogens with two attached hydrogens (primary N) is 2. The molecule has 1 saturated heterocycles. The Morgan fingerprint density at radius 1 is 1.18 bits per heavy atom. The molecule has 0 radical (unpaired) electrons. The van der Waals surface area contributed by atoms with Crippen LogP contribution in [0.2, 0.25) is 0 Å². The second-order valence-corrected chi connectivity index (χ2v) is 8.77. The number of nitrogens with zero attached hydrogens (tertiary/aromatic N) is 3. The lowest BCUT2D eigenvalue weighted by molar-refractivity contribution is 0.100. The molecule has 0 spiro atoms. The van der Waals surface area contributed by atoms with Crippen LogP contribution in [0.15, 0.2) is 24.4 Å². The van der Waals surface area contributed by atoms with Crippen molar-refractivity contribution >= 4 is 40.1 Å². The summed E-state index contributed by atoms with van der Waals surface area (Å²) < 4.78 is 20.3. The van der Waals surface area contributed by atoms with Crippen molar-refractivity contribution in [1.82, 2.24) is 15.0 Å². The van der Waals surface area contributed by atoms with Crippen molar-refractivity contribution in [3.8, 4) is 0 Å². The summed E-state index contributed by atoms with van der Waals surface area (Å²) in [5.74, 6) is -0.449. The Kier molecular flexibility index (Phi) is 6.20. The lowest BCUT2D eigenvalue weighted by Crippen LogP contribution is -2.43. The first-order valence-corrected chi connectivity index (χ1v) is 11.6. The minimum absolute atomic E-state index is 0.0376. The molecule has 1 amide bonds. The molecular weight excluding hydrogens is 439 g/mol. The SMILES string of the molecule is NC(=O)c1cc(F)c(N[C@@H]2CCCC[C@@H]2N)nc1Nc1cc(N2CCOCC2)nc2[nH]ccc12. The van der Waals surface area contributed by atoms with E-state index in [1.807, 2.05) is 12.1 Å². The van der Waals surface area contributed by atoms with E-state index in [9.17, 15) is 9.18 Å². The predicted molar refractivity (Wildman–Crippen MR) is 129 cm³/mol. The lowest BCUT2D eigenvalue weighted by Gasteiger charge is -2.30. The number of aromatic amines is 1. The molecular formula is C23H29FN8O2. The van der Waals surface area contributed by atoms with Crippen molar-refractivity contribution in [2.24, 2.45) is 11.5 Å². The van der Waals surface area contributed by atoms with Gasteiger partial charge < -0.3 is 36.7 Å². The average molecular weight is 469 g/mol. The van der Waals surface area contributed by atoms with Gasteiger partial charge in [-0.1, -0.05) is 12.8 Å². The van der Waals surface area contributed by atoms with Crippen molar-refractivity contribution in [2.75, 3.05) is 41.8 Å². The maximum Gasteiger partial charge on any atom is 0.252 e. The van der Waals surface area contributed by atoms with Crippen LogP contribution in [-0.2, 0) is 4.74 Å². The highest BCUT2D eigenvalue weighted by molar-refractivity contribution is 6.00. The molecule has 11 heteroatoms. The van der Waals surface area contributed by atoms with Gasteiger partial charge in [-0.2, -0.15) is 0 Å². The zero-order valence-electron chi connectivity index (χ0n) is 18.8. The summed E-state index contributed by atoms with van der Waals surface area (Å²) in [5, 5.41) is 7.16. The van der Waals surface area contributed by atoms with Crippen LogP contribution in [0, 0.1) is 5.82 Å². The molecule has 180 valence electrons. The predicted octanol–water partition coefficient (Wildman–Crippen LogP) is 2.46. The second kappa shape index (κ2) is 9.43. The molecule has 1 saturated carbocycles. The van der Waals surface area contributed by atoms with E-state index in [2.05, 4.69) is 25.5 Å². The van der Waals surface area contributed by atoms with E-state index in [-0.39, 0.29) is 29.3 Å². The molecule has 5 rings (SSSR count). The normalized spacial score (nSPS) is 20.9. The van der Waals surface area contributed by atoms with Gasteiger partial charge in [0.25, 0.3) is 5.91 Å². The number of hydrogen-bond acceptors (Lipinski definition) is 8. The van der Waals surface area contributed by atoms with Gasteiger partial charge in [0.2, 0.25) is 0 Å². The number of ether oxygens (including phenoxy) is 1. The third-order valence-electron chi connectivity index (χ3n) is 6.49. The highest BCUT2D eigenvalue weighted by Crippen LogP contribution is 2.32. The van der Waals surface area contributed by atoms with Crippen LogP contribution >= 0.6 is 0 Å². The van der Waals surface area contributed by atoms with Crippen molar-refractivity contribution in [1.29, 1.82) is 0 Å². The summed E-state index contributed by atoms with van der Waals surface area (Å²) in [7, 11) is 0. The number of H-pyrrole nitrogens is 1. The minimum Gasteiger partial charge on any atom is -0.378 e. The molecule has 4 heterocycles. The standard InChI is InChI=1S/C23H29FN8O2/c24-15-11-14(20(26)33)22(31-23(15)28-17-4-2-1-3-16(17)25)29-18-12-19(32-7-9-34-10-8-32)30-21-13(18)5-6-27-21/h5-6,11-12,16-17H,1-4,7-10,25H2,(H2,26,33)(H3,27,28,29,30,31)/t16-,17+/m0/s1. The van der Waals surface area contributed by atoms with E-state index >= 15 is 0 Å². The quantitative estimate of drug-likeness (QED) is 0.371. The minimum atomic E-state index is -0.775. The Balaban J connectivity index is 1.51. The van der Waals surface area contributed by atoms with Gasteiger partial charge in [-0.05, 0) is 25.0 Å². The molecule has 0 aromatic carbocycles. The molecule has 0 unspecified atom stereocenters. The summed E-state index contributed by atoms with van der Waals surface area (Å²) in [5.41, 5.74) is 13.1.